The Bertz CT molecular complexity index is 855. The van der Waals surface area contributed by atoms with Crippen LogP contribution in [0.3, 0.4) is 0 Å². The van der Waals surface area contributed by atoms with E-state index >= 15 is 0 Å². The van der Waals surface area contributed by atoms with Gasteiger partial charge in [-0.15, -0.1) is 0 Å². The fourth-order valence-corrected chi connectivity index (χ4v) is 2.89. The van der Waals surface area contributed by atoms with Gasteiger partial charge in [0.25, 0.3) is 5.56 Å². The van der Waals surface area contributed by atoms with E-state index in [-0.39, 0.29) is 5.56 Å². The van der Waals surface area contributed by atoms with Crippen LogP contribution in [0.2, 0.25) is 5.02 Å². The molecule has 0 aliphatic carbocycles. The van der Waals surface area contributed by atoms with Gasteiger partial charge in [-0.2, -0.15) is 0 Å². The topological polar surface area (TPSA) is 52.7 Å². The molecule has 6 heteroatoms. The highest BCUT2D eigenvalue weighted by atomic mass is 35.5. The van der Waals surface area contributed by atoms with Crippen LogP contribution in [0.5, 0.6) is 0 Å². The van der Waals surface area contributed by atoms with Crippen LogP contribution in [-0.2, 0) is 19.5 Å². The Kier molecular flexibility index (Phi) is 4.76. The molecule has 0 fully saturated rings. The highest BCUT2D eigenvalue weighted by Crippen LogP contribution is 2.15. The van der Waals surface area contributed by atoms with Gasteiger partial charge in [0, 0.05) is 36.9 Å². The normalized spacial score (nSPS) is 11.2. The fraction of sp³-hybridized carbons (Fsp3) is 0.353. The van der Waals surface area contributed by atoms with Crippen molar-refractivity contribution in [2.24, 2.45) is 0 Å². The molecule has 0 radical (unpaired) electrons. The van der Waals surface area contributed by atoms with Crippen molar-refractivity contribution in [2.45, 2.75) is 39.3 Å². The monoisotopic (exact) mass is 330 g/mol. The summed E-state index contributed by atoms with van der Waals surface area (Å²) in [6.45, 7) is 3.60. The first-order valence-electron chi connectivity index (χ1n) is 7.83. The lowest BCUT2D eigenvalue weighted by Gasteiger charge is -2.12. The van der Waals surface area contributed by atoms with Crippen molar-refractivity contribution in [3.05, 3.63) is 58.1 Å². The van der Waals surface area contributed by atoms with E-state index in [1.807, 2.05) is 30.1 Å². The predicted molar refractivity (Wildman–Crippen MR) is 91.9 cm³/mol. The van der Waals surface area contributed by atoms with Gasteiger partial charge in [0.15, 0.2) is 0 Å². The van der Waals surface area contributed by atoms with Gasteiger partial charge in [0.05, 0.1) is 17.2 Å². The maximum absolute atomic E-state index is 12.7. The SMILES string of the molecule is CCc1nc2ccc(Cl)cc2c(=O)n1CCCCn1ccnc1. The number of rotatable bonds is 6. The van der Waals surface area contributed by atoms with Crippen molar-refractivity contribution in [1.29, 1.82) is 0 Å². The number of imidazole rings is 1. The number of fused-ring (bicyclic) bond motifs is 1. The molecule has 0 aliphatic rings. The Hall–Kier alpha value is -2.14. The predicted octanol–water partition coefficient (Wildman–Crippen LogP) is 3.29. The lowest BCUT2D eigenvalue weighted by molar-refractivity contribution is 0.528. The summed E-state index contributed by atoms with van der Waals surface area (Å²) in [5.74, 6) is 0.826. The Morgan fingerprint density at radius 3 is 2.78 bits per heavy atom. The van der Waals surface area contributed by atoms with Crippen LogP contribution in [0.4, 0.5) is 0 Å². The Morgan fingerprint density at radius 2 is 2.04 bits per heavy atom. The molecule has 2 aromatic heterocycles. The van der Waals surface area contributed by atoms with E-state index < -0.39 is 0 Å². The summed E-state index contributed by atoms with van der Waals surface area (Å²) in [7, 11) is 0. The van der Waals surface area contributed by atoms with Crippen molar-refractivity contribution >= 4 is 22.5 Å². The Labute approximate surface area is 139 Å². The molecule has 0 aliphatic heterocycles. The van der Waals surface area contributed by atoms with Gasteiger partial charge in [-0.05, 0) is 31.0 Å². The molecule has 0 amide bonds. The highest BCUT2D eigenvalue weighted by molar-refractivity contribution is 6.31. The summed E-state index contributed by atoms with van der Waals surface area (Å²) in [5.41, 5.74) is 0.711. The Morgan fingerprint density at radius 1 is 1.22 bits per heavy atom. The molecular weight excluding hydrogens is 312 g/mol. The fourth-order valence-electron chi connectivity index (χ4n) is 2.72. The van der Waals surface area contributed by atoms with Crippen LogP contribution in [0.25, 0.3) is 10.9 Å². The van der Waals surface area contributed by atoms with Crippen molar-refractivity contribution in [3.63, 3.8) is 0 Å². The summed E-state index contributed by atoms with van der Waals surface area (Å²) in [6.07, 6.45) is 8.16. The third kappa shape index (κ3) is 3.45. The molecule has 23 heavy (non-hydrogen) atoms. The molecule has 3 aromatic rings. The standard InChI is InChI=1S/C17H19ClN4O/c1-2-16-20-15-6-5-13(18)11-14(15)17(23)22(16)9-4-3-8-21-10-7-19-12-21/h5-7,10-12H,2-4,8-9H2,1H3. The van der Waals surface area contributed by atoms with Gasteiger partial charge in [-0.1, -0.05) is 18.5 Å². The number of aromatic nitrogens is 4. The van der Waals surface area contributed by atoms with Gasteiger partial charge in [0.2, 0.25) is 0 Å². The van der Waals surface area contributed by atoms with Gasteiger partial charge in [-0.3, -0.25) is 9.36 Å². The summed E-state index contributed by atoms with van der Waals surface area (Å²) in [6, 6.07) is 5.28. The largest absolute Gasteiger partial charge is 0.337 e. The molecule has 0 unspecified atom stereocenters. The Balaban J connectivity index is 1.81. The van der Waals surface area contributed by atoms with E-state index in [1.165, 1.54) is 0 Å². The molecule has 0 saturated carbocycles. The van der Waals surface area contributed by atoms with E-state index in [0.29, 0.717) is 22.5 Å². The van der Waals surface area contributed by atoms with E-state index in [2.05, 4.69) is 9.97 Å². The average Bonchev–Trinajstić information content (AvgIpc) is 3.07. The summed E-state index contributed by atoms with van der Waals surface area (Å²) >= 11 is 6.02. The molecule has 5 nitrogen and oxygen atoms in total. The maximum Gasteiger partial charge on any atom is 0.261 e. The summed E-state index contributed by atoms with van der Waals surface area (Å²) < 4.78 is 3.83. The zero-order chi connectivity index (χ0) is 16.2. The number of hydrogen-bond acceptors (Lipinski definition) is 3. The minimum atomic E-state index is -0.00280. The first-order chi connectivity index (χ1) is 11.2. The molecule has 2 heterocycles. The van der Waals surface area contributed by atoms with Crippen LogP contribution < -0.4 is 5.56 Å². The second kappa shape index (κ2) is 6.96. The van der Waals surface area contributed by atoms with Gasteiger partial charge in [0.1, 0.15) is 5.82 Å². The van der Waals surface area contributed by atoms with Crippen molar-refractivity contribution < 1.29 is 0 Å². The van der Waals surface area contributed by atoms with Crippen molar-refractivity contribution in [3.8, 4) is 0 Å². The first-order valence-corrected chi connectivity index (χ1v) is 8.21. The summed E-state index contributed by atoms with van der Waals surface area (Å²) in [5, 5.41) is 1.15. The zero-order valence-corrected chi connectivity index (χ0v) is 13.8. The van der Waals surface area contributed by atoms with Crippen LogP contribution in [-0.4, -0.2) is 19.1 Å². The molecule has 0 saturated heterocycles. The number of benzene rings is 1. The maximum atomic E-state index is 12.7. The number of hydrogen-bond donors (Lipinski definition) is 0. The van der Waals surface area contributed by atoms with Crippen LogP contribution in [0, 0.1) is 0 Å². The van der Waals surface area contributed by atoms with Crippen molar-refractivity contribution in [2.75, 3.05) is 0 Å². The van der Waals surface area contributed by atoms with Gasteiger partial charge < -0.3 is 4.57 Å². The average molecular weight is 331 g/mol. The smallest absolute Gasteiger partial charge is 0.261 e. The molecular formula is C17H19ClN4O. The lowest BCUT2D eigenvalue weighted by Crippen LogP contribution is -2.25. The number of nitrogens with zero attached hydrogens (tertiary/aromatic N) is 4. The zero-order valence-electron chi connectivity index (χ0n) is 13.1. The molecule has 1 aromatic carbocycles. The third-order valence-electron chi connectivity index (χ3n) is 3.92. The molecule has 0 bridgehead atoms. The first kappa shape index (κ1) is 15.7. The van der Waals surface area contributed by atoms with Crippen LogP contribution in [0.15, 0.2) is 41.7 Å². The molecule has 3 rings (SSSR count). The van der Waals surface area contributed by atoms with Gasteiger partial charge in [-0.25, -0.2) is 9.97 Å². The molecule has 0 spiro atoms. The van der Waals surface area contributed by atoms with E-state index in [0.717, 1.165) is 31.6 Å². The highest BCUT2D eigenvalue weighted by Gasteiger charge is 2.10. The second-order valence-corrected chi connectivity index (χ2v) is 5.94. The van der Waals surface area contributed by atoms with E-state index in [9.17, 15) is 4.79 Å². The van der Waals surface area contributed by atoms with E-state index in [1.54, 1.807) is 22.9 Å². The lowest BCUT2D eigenvalue weighted by atomic mass is 10.2. The minimum absolute atomic E-state index is 0.00280. The minimum Gasteiger partial charge on any atom is -0.337 e. The quantitative estimate of drug-likeness (QED) is 0.652. The number of halogens is 1. The van der Waals surface area contributed by atoms with Crippen LogP contribution >= 0.6 is 11.6 Å². The second-order valence-electron chi connectivity index (χ2n) is 5.51. The van der Waals surface area contributed by atoms with Crippen LogP contribution in [0.1, 0.15) is 25.6 Å². The number of unbranched alkanes of at least 4 members (excludes halogenated alkanes) is 1. The van der Waals surface area contributed by atoms with Crippen molar-refractivity contribution in [1.82, 2.24) is 19.1 Å². The van der Waals surface area contributed by atoms with Gasteiger partial charge >= 0.3 is 0 Å². The molecule has 0 N–H and O–H groups in total. The van der Waals surface area contributed by atoms with E-state index in [4.69, 9.17) is 11.6 Å². The summed E-state index contributed by atoms with van der Waals surface area (Å²) in [4.78, 5) is 21.4. The molecule has 0 atom stereocenters. The molecule has 120 valence electrons. The number of aryl methyl sites for hydroxylation is 2. The third-order valence-corrected chi connectivity index (χ3v) is 4.15.